The number of fused-ring (bicyclic) bond motifs is 4. The topological polar surface area (TPSA) is 3.24 Å². The standard InChI is InChI=1S/C68H62BNS/c1-43-30-45(3)65(46(4)31-43)69(66-47(5)32-44(2)33-48(66)6)57-24-29-64-62(37-57)61-36-54(19-28-63(61)71-64)52-16-20-55(21-17-52)67-38-49-34-50(39-67)41-68(40-49,42-67)56-22-26-59(27-23-56)70(58-14-8-7-9-15-58)60-25-18-51-12-10-11-13-53(51)35-60/h7-33,35-37,49-50H,34,38-42H2,1-6H3. The molecule has 14 rings (SSSR count). The molecule has 4 fully saturated rings. The highest BCUT2D eigenvalue weighted by Gasteiger charge is 2.58. The minimum Gasteiger partial charge on any atom is -0.310 e. The van der Waals surface area contributed by atoms with E-state index in [-0.39, 0.29) is 17.5 Å². The molecule has 0 saturated heterocycles. The summed E-state index contributed by atoms with van der Waals surface area (Å²) in [5.41, 5.74) is 22.1. The van der Waals surface area contributed by atoms with Crippen LogP contribution >= 0.6 is 11.3 Å². The van der Waals surface area contributed by atoms with Gasteiger partial charge in [-0.05, 0) is 196 Å². The third-order valence-corrected chi connectivity index (χ3v) is 18.7. The fraction of sp³-hybridized carbons (Fsp3) is 0.235. The predicted molar refractivity (Wildman–Crippen MR) is 307 cm³/mol. The molecule has 2 unspecified atom stereocenters. The summed E-state index contributed by atoms with van der Waals surface area (Å²) < 4.78 is 2.71. The molecule has 0 amide bonds. The minimum absolute atomic E-state index is 0.153. The van der Waals surface area contributed by atoms with Crippen molar-refractivity contribution in [3.05, 3.63) is 226 Å². The first-order valence-corrected chi connectivity index (χ1v) is 27.0. The van der Waals surface area contributed by atoms with Crippen LogP contribution in [0.2, 0.25) is 0 Å². The highest BCUT2D eigenvalue weighted by Crippen LogP contribution is 2.66. The van der Waals surface area contributed by atoms with Crippen LogP contribution in [0.3, 0.4) is 0 Å². The van der Waals surface area contributed by atoms with Gasteiger partial charge in [0.25, 0.3) is 0 Å². The number of aryl methyl sites for hydroxylation is 6. The molecule has 1 aromatic heterocycles. The van der Waals surface area contributed by atoms with Crippen LogP contribution in [0.5, 0.6) is 0 Å². The van der Waals surface area contributed by atoms with Crippen molar-refractivity contribution in [3.63, 3.8) is 0 Å². The average Bonchev–Trinajstić information content (AvgIpc) is 3.73. The van der Waals surface area contributed by atoms with Crippen molar-refractivity contribution in [3.8, 4) is 11.1 Å². The zero-order valence-electron chi connectivity index (χ0n) is 42.2. The molecule has 348 valence electrons. The first-order chi connectivity index (χ1) is 34.5. The van der Waals surface area contributed by atoms with Crippen molar-refractivity contribution in [2.75, 3.05) is 4.90 Å². The van der Waals surface area contributed by atoms with Crippen molar-refractivity contribution >= 4 is 82.4 Å². The maximum atomic E-state index is 2.53. The first kappa shape index (κ1) is 44.3. The molecule has 9 aromatic carbocycles. The number of hydrogen-bond acceptors (Lipinski definition) is 2. The number of rotatable bonds is 9. The van der Waals surface area contributed by atoms with E-state index < -0.39 is 0 Å². The molecule has 1 nitrogen and oxygen atoms in total. The van der Waals surface area contributed by atoms with Crippen LogP contribution in [0, 0.1) is 53.4 Å². The highest BCUT2D eigenvalue weighted by molar-refractivity contribution is 7.25. The molecule has 2 atom stereocenters. The number of para-hydroxylation sites is 1. The van der Waals surface area contributed by atoms with Gasteiger partial charge in [-0.3, -0.25) is 0 Å². The lowest BCUT2D eigenvalue weighted by atomic mass is 9.34. The Morgan fingerprint density at radius 3 is 1.54 bits per heavy atom. The Morgan fingerprint density at radius 1 is 0.437 bits per heavy atom. The molecule has 0 radical (unpaired) electrons. The average molecular weight is 936 g/mol. The van der Waals surface area contributed by atoms with Crippen LogP contribution in [-0.2, 0) is 10.8 Å². The molecule has 4 aliphatic rings. The summed E-state index contributed by atoms with van der Waals surface area (Å²) in [5.74, 6) is 1.57. The third-order valence-electron chi connectivity index (χ3n) is 17.5. The minimum atomic E-state index is 0.153. The monoisotopic (exact) mass is 935 g/mol. The second-order valence-corrected chi connectivity index (χ2v) is 23.6. The quantitative estimate of drug-likeness (QED) is 0.130. The van der Waals surface area contributed by atoms with Gasteiger partial charge in [0, 0.05) is 31.8 Å². The lowest BCUT2D eigenvalue weighted by Gasteiger charge is -2.63. The summed E-state index contributed by atoms with van der Waals surface area (Å²) in [5, 5.41) is 5.26. The van der Waals surface area contributed by atoms with Crippen LogP contribution in [0.4, 0.5) is 17.1 Å². The van der Waals surface area contributed by atoms with Gasteiger partial charge in [0.1, 0.15) is 0 Å². The summed E-state index contributed by atoms with van der Waals surface area (Å²) in [4.78, 5) is 2.42. The maximum Gasteiger partial charge on any atom is 0.242 e. The molecule has 3 heteroatoms. The predicted octanol–water partition coefficient (Wildman–Crippen LogP) is 16.5. The van der Waals surface area contributed by atoms with Gasteiger partial charge >= 0.3 is 0 Å². The van der Waals surface area contributed by atoms with Gasteiger partial charge in [-0.1, -0.05) is 177 Å². The summed E-state index contributed by atoms with van der Waals surface area (Å²) in [6, 6.07) is 70.2. The van der Waals surface area contributed by atoms with Crippen LogP contribution in [0.1, 0.15) is 83.0 Å². The van der Waals surface area contributed by atoms with Gasteiger partial charge in [0.05, 0.1) is 0 Å². The molecule has 10 aromatic rings. The molecule has 71 heavy (non-hydrogen) atoms. The molecule has 0 spiro atoms. The maximum absolute atomic E-state index is 2.53. The highest BCUT2D eigenvalue weighted by atomic mass is 32.1. The zero-order chi connectivity index (χ0) is 48.2. The Morgan fingerprint density at radius 2 is 0.930 bits per heavy atom. The summed E-state index contributed by atoms with van der Waals surface area (Å²) in [6.45, 7) is 13.8. The number of anilines is 3. The van der Waals surface area contributed by atoms with Crippen LogP contribution in [0.15, 0.2) is 182 Å². The molecule has 4 saturated carbocycles. The summed E-state index contributed by atoms with van der Waals surface area (Å²) in [7, 11) is 0. The Bertz CT molecular complexity index is 3580. The number of nitrogens with zero attached hydrogens (tertiary/aromatic N) is 1. The van der Waals surface area contributed by atoms with E-state index in [1.807, 2.05) is 11.3 Å². The van der Waals surface area contributed by atoms with E-state index in [0.29, 0.717) is 0 Å². The molecule has 4 aliphatic carbocycles. The van der Waals surface area contributed by atoms with E-state index in [1.54, 1.807) is 11.1 Å². The molecular weight excluding hydrogens is 874 g/mol. The second-order valence-electron chi connectivity index (χ2n) is 22.5. The van der Waals surface area contributed by atoms with Crippen molar-refractivity contribution in [1.82, 2.24) is 0 Å². The lowest BCUT2D eigenvalue weighted by Crippen LogP contribution is -2.55. The number of hydrogen-bond donors (Lipinski definition) is 0. The van der Waals surface area contributed by atoms with E-state index in [9.17, 15) is 0 Å². The van der Waals surface area contributed by atoms with Gasteiger partial charge in [-0.2, -0.15) is 0 Å². The van der Waals surface area contributed by atoms with E-state index >= 15 is 0 Å². The van der Waals surface area contributed by atoms with Crippen LogP contribution in [0.25, 0.3) is 42.1 Å². The van der Waals surface area contributed by atoms with Crippen LogP contribution in [-0.4, -0.2) is 6.71 Å². The fourth-order valence-electron chi connectivity index (χ4n) is 15.2. The molecule has 1 heterocycles. The Kier molecular flexibility index (Phi) is 10.6. The van der Waals surface area contributed by atoms with Crippen molar-refractivity contribution < 1.29 is 0 Å². The van der Waals surface area contributed by atoms with Gasteiger partial charge in [-0.15, -0.1) is 11.3 Å². The Hall–Kier alpha value is -6.68. The smallest absolute Gasteiger partial charge is 0.242 e. The van der Waals surface area contributed by atoms with Gasteiger partial charge < -0.3 is 4.90 Å². The van der Waals surface area contributed by atoms with E-state index in [1.165, 1.54) is 147 Å². The van der Waals surface area contributed by atoms with E-state index in [4.69, 9.17) is 0 Å². The molecular formula is C68H62BNS. The lowest BCUT2D eigenvalue weighted by molar-refractivity contribution is -0.0281. The largest absolute Gasteiger partial charge is 0.310 e. The van der Waals surface area contributed by atoms with Gasteiger partial charge in [0.2, 0.25) is 6.71 Å². The normalized spacial score (nSPS) is 20.3. The first-order valence-electron chi connectivity index (χ1n) is 26.2. The molecule has 0 aliphatic heterocycles. The number of thiophene rings is 1. The fourth-order valence-corrected chi connectivity index (χ4v) is 16.3. The molecule has 4 bridgehead atoms. The molecule has 0 N–H and O–H groups in total. The van der Waals surface area contributed by atoms with Crippen molar-refractivity contribution in [2.24, 2.45) is 11.8 Å². The third kappa shape index (κ3) is 7.57. The van der Waals surface area contributed by atoms with E-state index in [0.717, 1.165) is 11.8 Å². The van der Waals surface area contributed by atoms with Gasteiger partial charge in [0.15, 0.2) is 0 Å². The second kappa shape index (κ2) is 17.0. The van der Waals surface area contributed by atoms with Crippen molar-refractivity contribution in [1.29, 1.82) is 0 Å². The summed E-state index contributed by atoms with van der Waals surface area (Å²) >= 11 is 1.92. The SMILES string of the molecule is Cc1cc(C)c(B(c2ccc3sc4ccc(-c5ccc(C67CC8CC(C6)CC(c6ccc(N(c9ccccc9)c9ccc%10ccccc%10c9)cc6)(C8)C7)cc5)cc4c3c2)c2c(C)cc(C)cc2C)c(C)c1. The number of benzene rings is 9. The van der Waals surface area contributed by atoms with Crippen LogP contribution < -0.4 is 21.3 Å². The van der Waals surface area contributed by atoms with Crippen molar-refractivity contribution in [2.45, 2.75) is 90.9 Å². The van der Waals surface area contributed by atoms with Gasteiger partial charge in [-0.25, -0.2) is 0 Å². The Balaban J connectivity index is 0.819. The Labute approximate surface area is 425 Å². The summed E-state index contributed by atoms with van der Waals surface area (Å²) in [6.07, 6.45) is 7.94. The zero-order valence-corrected chi connectivity index (χ0v) is 43.0. The van der Waals surface area contributed by atoms with E-state index in [2.05, 4.69) is 228 Å².